The number of nitrogens with zero attached hydrogens (tertiary/aromatic N) is 6. The summed E-state index contributed by atoms with van der Waals surface area (Å²) in [6, 6.07) is 17.8. The molecule has 0 aliphatic carbocycles. The van der Waals surface area contributed by atoms with Crippen LogP contribution in [0.25, 0.3) is 5.69 Å². The second kappa shape index (κ2) is 9.19. The lowest BCUT2D eigenvalue weighted by Crippen LogP contribution is -2.48. The Balaban J connectivity index is 1.39. The van der Waals surface area contributed by atoms with Gasteiger partial charge in [-0.1, -0.05) is 37.3 Å². The first-order valence-corrected chi connectivity index (χ1v) is 10.8. The number of amides is 1. The van der Waals surface area contributed by atoms with Gasteiger partial charge in [0.1, 0.15) is 0 Å². The van der Waals surface area contributed by atoms with E-state index in [1.807, 2.05) is 59.5 Å². The van der Waals surface area contributed by atoms with Gasteiger partial charge in [0.2, 0.25) is 0 Å². The average molecular weight is 409 g/mol. The number of hydrogen-bond donors (Lipinski definition) is 0. The minimum Gasteiger partial charge on any atom is -0.336 e. The molecule has 0 radical (unpaired) electrons. The third-order valence-electron chi connectivity index (χ3n) is 4.98. The monoisotopic (exact) mass is 408 g/mol. The van der Waals surface area contributed by atoms with Gasteiger partial charge in [-0.2, -0.15) is 4.68 Å². The summed E-state index contributed by atoms with van der Waals surface area (Å²) in [6.45, 7) is 5.78. The molecule has 1 aliphatic rings. The summed E-state index contributed by atoms with van der Waals surface area (Å²) in [5.41, 5.74) is 1.76. The number of rotatable bonds is 6. The molecule has 2 aromatic carbocycles. The Morgan fingerprint density at radius 2 is 1.72 bits per heavy atom. The number of thioether (sulfide) groups is 1. The van der Waals surface area contributed by atoms with Crippen LogP contribution < -0.4 is 0 Å². The van der Waals surface area contributed by atoms with Crippen molar-refractivity contribution in [2.45, 2.75) is 18.4 Å². The van der Waals surface area contributed by atoms with Gasteiger partial charge in [-0.25, -0.2) is 0 Å². The molecule has 4 rings (SSSR count). The molecular weight excluding hydrogens is 384 g/mol. The number of carbonyl (C=O) groups is 1. The molecule has 7 nitrogen and oxygen atoms in total. The SMILES string of the molecule is CCSc1ccccc1C(=O)N1CCN(Cc2nnnn2-c2ccccc2)CC1. The van der Waals surface area contributed by atoms with Gasteiger partial charge < -0.3 is 4.90 Å². The molecule has 0 atom stereocenters. The van der Waals surface area contributed by atoms with Crippen LogP contribution in [0.2, 0.25) is 0 Å². The lowest BCUT2D eigenvalue weighted by Gasteiger charge is -2.34. The molecular formula is C21H24N6OS. The summed E-state index contributed by atoms with van der Waals surface area (Å²) in [6.07, 6.45) is 0. The zero-order chi connectivity index (χ0) is 20.1. The molecule has 3 aromatic rings. The largest absolute Gasteiger partial charge is 0.336 e. The number of hydrogen-bond acceptors (Lipinski definition) is 6. The van der Waals surface area contributed by atoms with Crippen LogP contribution in [0.5, 0.6) is 0 Å². The van der Waals surface area contributed by atoms with E-state index in [4.69, 9.17) is 0 Å². The van der Waals surface area contributed by atoms with E-state index in [0.717, 1.165) is 40.8 Å². The third kappa shape index (κ3) is 4.49. The Bertz CT molecular complexity index is 953. The lowest BCUT2D eigenvalue weighted by atomic mass is 10.2. The first-order valence-electron chi connectivity index (χ1n) is 9.82. The fraction of sp³-hybridized carbons (Fsp3) is 0.333. The van der Waals surface area contributed by atoms with Crippen LogP contribution in [-0.4, -0.2) is 67.8 Å². The second-order valence-corrected chi connectivity index (χ2v) is 8.15. The highest BCUT2D eigenvalue weighted by atomic mass is 32.2. The van der Waals surface area contributed by atoms with Gasteiger partial charge in [0.05, 0.1) is 17.8 Å². The maximum absolute atomic E-state index is 13.0. The van der Waals surface area contributed by atoms with Crippen molar-refractivity contribution < 1.29 is 4.79 Å². The fourth-order valence-corrected chi connectivity index (χ4v) is 4.27. The van der Waals surface area contributed by atoms with Crippen molar-refractivity contribution in [2.75, 3.05) is 31.9 Å². The summed E-state index contributed by atoms with van der Waals surface area (Å²) in [5, 5.41) is 12.2. The topological polar surface area (TPSA) is 67.2 Å². The van der Waals surface area contributed by atoms with Crippen molar-refractivity contribution in [2.24, 2.45) is 0 Å². The summed E-state index contributed by atoms with van der Waals surface area (Å²) in [5.74, 6) is 1.88. The van der Waals surface area contributed by atoms with Crippen molar-refractivity contribution in [3.05, 3.63) is 66.0 Å². The highest BCUT2D eigenvalue weighted by molar-refractivity contribution is 7.99. The predicted molar refractivity (Wildman–Crippen MR) is 113 cm³/mol. The van der Waals surface area contributed by atoms with Crippen LogP contribution >= 0.6 is 11.8 Å². The quantitative estimate of drug-likeness (QED) is 0.584. The molecule has 1 aromatic heterocycles. The summed E-state index contributed by atoms with van der Waals surface area (Å²) >= 11 is 1.71. The molecule has 0 saturated carbocycles. The molecule has 1 saturated heterocycles. The zero-order valence-electron chi connectivity index (χ0n) is 16.4. The van der Waals surface area contributed by atoms with Crippen LogP contribution in [0.1, 0.15) is 23.1 Å². The summed E-state index contributed by atoms with van der Waals surface area (Å²) in [7, 11) is 0. The molecule has 1 fully saturated rings. The van der Waals surface area contributed by atoms with Gasteiger partial charge >= 0.3 is 0 Å². The van der Waals surface area contributed by atoms with Crippen molar-refractivity contribution in [3.8, 4) is 5.69 Å². The molecule has 0 spiro atoms. The second-order valence-electron chi connectivity index (χ2n) is 6.84. The maximum Gasteiger partial charge on any atom is 0.255 e. The minimum absolute atomic E-state index is 0.121. The molecule has 1 aliphatic heterocycles. The Morgan fingerprint density at radius 3 is 2.48 bits per heavy atom. The van der Waals surface area contributed by atoms with E-state index in [9.17, 15) is 4.79 Å². The highest BCUT2D eigenvalue weighted by Crippen LogP contribution is 2.24. The fourth-order valence-electron chi connectivity index (χ4n) is 3.48. The average Bonchev–Trinajstić information content (AvgIpc) is 3.23. The third-order valence-corrected chi connectivity index (χ3v) is 5.93. The van der Waals surface area contributed by atoms with Crippen LogP contribution in [0.3, 0.4) is 0 Å². The normalized spacial score (nSPS) is 14.9. The predicted octanol–water partition coefficient (Wildman–Crippen LogP) is 2.73. The van der Waals surface area contributed by atoms with E-state index in [1.165, 1.54) is 0 Å². The Kier molecular flexibility index (Phi) is 6.21. The molecule has 8 heteroatoms. The van der Waals surface area contributed by atoms with E-state index in [0.29, 0.717) is 19.6 Å². The van der Waals surface area contributed by atoms with Gasteiger partial charge in [0.15, 0.2) is 5.82 Å². The summed E-state index contributed by atoms with van der Waals surface area (Å²) < 4.78 is 1.77. The molecule has 0 unspecified atom stereocenters. The van der Waals surface area contributed by atoms with Crippen molar-refractivity contribution in [1.29, 1.82) is 0 Å². The van der Waals surface area contributed by atoms with E-state index in [-0.39, 0.29) is 5.91 Å². The summed E-state index contributed by atoms with van der Waals surface area (Å²) in [4.78, 5) is 18.3. The molecule has 150 valence electrons. The Morgan fingerprint density at radius 1 is 1.00 bits per heavy atom. The molecule has 0 N–H and O–H groups in total. The van der Waals surface area contributed by atoms with Gasteiger partial charge in [-0.15, -0.1) is 16.9 Å². The highest BCUT2D eigenvalue weighted by Gasteiger charge is 2.25. The van der Waals surface area contributed by atoms with E-state index in [2.05, 4.69) is 27.3 Å². The van der Waals surface area contributed by atoms with E-state index >= 15 is 0 Å². The first kappa shape index (κ1) is 19.6. The smallest absolute Gasteiger partial charge is 0.255 e. The standard InChI is InChI=1S/C21H24N6OS/c1-2-29-19-11-7-6-10-18(19)21(28)26-14-12-25(13-15-26)16-20-22-23-24-27(20)17-8-4-3-5-9-17/h3-11H,2,12-16H2,1H3. The van der Waals surface area contributed by atoms with Gasteiger partial charge in [0, 0.05) is 31.1 Å². The van der Waals surface area contributed by atoms with E-state index < -0.39 is 0 Å². The van der Waals surface area contributed by atoms with Crippen molar-refractivity contribution in [1.82, 2.24) is 30.0 Å². The number of tetrazole rings is 1. The van der Waals surface area contributed by atoms with Gasteiger partial charge in [0.25, 0.3) is 5.91 Å². The van der Waals surface area contributed by atoms with Crippen LogP contribution in [0.4, 0.5) is 0 Å². The molecule has 2 heterocycles. The molecule has 29 heavy (non-hydrogen) atoms. The van der Waals surface area contributed by atoms with Crippen molar-refractivity contribution in [3.63, 3.8) is 0 Å². The minimum atomic E-state index is 0.121. The number of benzene rings is 2. The van der Waals surface area contributed by atoms with Crippen LogP contribution in [0.15, 0.2) is 59.5 Å². The number of para-hydroxylation sites is 1. The van der Waals surface area contributed by atoms with Crippen molar-refractivity contribution >= 4 is 17.7 Å². The van der Waals surface area contributed by atoms with Gasteiger partial charge in [-0.05, 0) is 40.4 Å². The Labute approximate surface area is 174 Å². The number of carbonyl (C=O) groups excluding carboxylic acids is 1. The van der Waals surface area contributed by atoms with Crippen LogP contribution in [-0.2, 0) is 6.54 Å². The number of piperazine rings is 1. The zero-order valence-corrected chi connectivity index (χ0v) is 17.3. The molecule has 0 bridgehead atoms. The van der Waals surface area contributed by atoms with Gasteiger partial charge in [-0.3, -0.25) is 9.69 Å². The maximum atomic E-state index is 13.0. The number of aromatic nitrogens is 4. The lowest BCUT2D eigenvalue weighted by molar-refractivity contribution is 0.0621. The van der Waals surface area contributed by atoms with E-state index in [1.54, 1.807) is 16.4 Å². The Hall–Kier alpha value is -2.71. The first-order chi connectivity index (χ1) is 14.3. The molecule has 1 amide bonds. The van der Waals surface area contributed by atoms with Crippen LogP contribution in [0, 0.1) is 0 Å².